The van der Waals surface area contributed by atoms with Gasteiger partial charge in [0, 0.05) is 59.1 Å². The van der Waals surface area contributed by atoms with Gasteiger partial charge in [-0.15, -0.1) is 0 Å². The Bertz CT molecular complexity index is 727. The fraction of sp³-hybridized carbons (Fsp3) is 0.471. The van der Waals surface area contributed by atoms with Crippen LogP contribution in [0, 0.1) is 0 Å². The number of rotatable bonds is 4. The quantitative estimate of drug-likeness (QED) is 0.828. The Kier molecular flexibility index (Phi) is 5.26. The molecule has 0 bridgehead atoms. The summed E-state index contributed by atoms with van der Waals surface area (Å²) < 4.78 is 39.4. The first-order valence-corrected chi connectivity index (χ1v) is 8.34. The molecule has 0 aromatic carbocycles. The van der Waals surface area contributed by atoms with E-state index >= 15 is 0 Å². The van der Waals surface area contributed by atoms with Gasteiger partial charge in [0.1, 0.15) is 5.82 Å². The third-order valence-corrected chi connectivity index (χ3v) is 4.22. The summed E-state index contributed by atoms with van der Waals surface area (Å²) in [5.41, 5.74) is 0.0632. The lowest BCUT2D eigenvalue weighted by atomic mass is 10.2. The van der Waals surface area contributed by atoms with Gasteiger partial charge in [-0.25, -0.2) is 4.98 Å². The Hall–Kier alpha value is -2.42. The fourth-order valence-corrected chi connectivity index (χ4v) is 2.76. The molecule has 0 atom stereocenters. The predicted molar refractivity (Wildman–Crippen MR) is 93.1 cm³/mol. The van der Waals surface area contributed by atoms with Crippen molar-refractivity contribution in [3.05, 3.63) is 41.9 Å². The average Bonchev–Trinajstić information content (AvgIpc) is 2.62. The van der Waals surface area contributed by atoms with Gasteiger partial charge in [0.25, 0.3) is 0 Å². The number of piperazine rings is 1. The third kappa shape index (κ3) is 4.40. The van der Waals surface area contributed by atoms with Crippen LogP contribution in [-0.2, 0) is 12.7 Å². The van der Waals surface area contributed by atoms with Gasteiger partial charge in [0.05, 0.1) is 5.69 Å². The highest BCUT2D eigenvalue weighted by Gasteiger charge is 2.34. The van der Waals surface area contributed by atoms with E-state index in [0.29, 0.717) is 26.2 Å². The molecule has 0 unspecified atom stereocenters. The second-order valence-corrected chi connectivity index (χ2v) is 6.39. The number of halogens is 3. The maximum atomic E-state index is 13.1. The minimum absolute atomic E-state index is 0.126. The van der Waals surface area contributed by atoms with Gasteiger partial charge >= 0.3 is 6.18 Å². The molecule has 9 heteroatoms. The van der Waals surface area contributed by atoms with Crippen LogP contribution in [-0.4, -0.2) is 60.1 Å². The van der Waals surface area contributed by atoms with Crippen molar-refractivity contribution in [3.63, 3.8) is 0 Å². The summed E-state index contributed by atoms with van der Waals surface area (Å²) in [6.45, 7) is 3.30. The molecular formula is C17H21F3N6. The number of alkyl halides is 3. The lowest BCUT2D eigenvalue weighted by Crippen LogP contribution is -2.46. The van der Waals surface area contributed by atoms with E-state index in [0.717, 1.165) is 18.3 Å². The molecule has 3 heterocycles. The van der Waals surface area contributed by atoms with Gasteiger partial charge in [0.15, 0.2) is 5.69 Å². The van der Waals surface area contributed by atoms with Crippen LogP contribution in [0.4, 0.5) is 24.9 Å². The number of nitrogens with zero attached hydrogens (tertiary/aromatic N) is 6. The molecule has 0 radical (unpaired) electrons. The highest BCUT2D eigenvalue weighted by molar-refractivity contribution is 5.45. The van der Waals surface area contributed by atoms with E-state index in [4.69, 9.17) is 0 Å². The minimum atomic E-state index is -4.50. The molecule has 6 nitrogen and oxygen atoms in total. The van der Waals surface area contributed by atoms with Crippen molar-refractivity contribution in [1.82, 2.24) is 19.9 Å². The third-order valence-electron chi connectivity index (χ3n) is 4.22. The minimum Gasteiger partial charge on any atom is -0.363 e. The van der Waals surface area contributed by atoms with Gasteiger partial charge in [-0.2, -0.15) is 18.2 Å². The van der Waals surface area contributed by atoms with E-state index in [-0.39, 0.29) is 11.8 Å². The van der Waals surface area contributed by atoms with Gasteiger partial charge in [-0.05, 0) is 12.1 Å². The van der Waals surface area contributed by atoms with Crippen LogP contribution in [0.15, 0.2) is 30.5 Å². The first-order valence-electron chi connectivity index (χ1n) is 8.34. The Morgan fingerprint density at radius 2 is 1.81 bits per heavy atom. The maximum Gasteiger partial charge on any atom is 0.433 e. The first kappa shape index (κ1) is 18.4. The lowest BCUT2D eigenvalue weighted by Gasteiger charge is -2.35. The molecule has 0 spiro atoms. The van der Waals surface area contributed by atoms with Crippen LogP contribution in [0.3, 0.4) is 0 Å². The normalized spacial score (nSPS) is 16.0. The molecule has 0 N–H and O–H groups in total. The standard InChI is InChI=1S/C17H21F3N6/c1-24(2)15-11-14(17(18,19)20)22-16(23-15)26-9-7-25(8-10-26)12-13-5-3-4-6-21-13/h3-6,11H,7-10,12H2,1-2H3. The molecule has 3 rings (SSSR count). The van der Waals surface area contributed by atoms with E-state index < -0.39 is 11.9 Å². The van der Waals surface area contributed by atoms with Crippen molar-refractivity contribution >= 4 is 11.8 Å². The second kappa shape index (κ2) is 7.45. The van der Waals surface area contributed by atoms with Crippen LogP contribution in [0.1, 0.15) is 11.4 Å². The summed E-state index contributed by atoms with van der Waals surface area (Å²) in [6.07, 6.45) is -2.74. The van der Waals surface area contributed by atoms with Crippen LogP contribution in [0.25, 0.3) is 0 Å². The Morgan fingerprint density at radius 3 is 2.38 bits per heavy atom. The Balaban J connectivity index is 1.71. The number of hydrogen-bond acceptors (Lipinski definition) is 6. The van der Waals surface area contributed by atoms with E-state index in [1.807, 2.05) is 18.2 Å². The van der Waals surface area contributed by atoms with E-state index in [1.165, 1.54) is 0 Å². The smallest absolute Gasteiger partial charge is 0.363 e. The van der Waals surface area contributed by atoms with Gasteiger partial charge in [-0.3, -0.25) is 9.88 Å². The number of anilines is 2. The number of pyridine rings is 1. The summed E-state index contributed by atoms with van der Waals surface area (Å²) in [7, 11) is 3.33. The van der Waals surface area contributed by atoms with Crippen molar-refractivity contribution in [3.8, 4) is 0 Å². The molecular weight excluding hydrogens is 345 g/mol. The Labute approximate surface area is 150 Å². The van der Waals surface area contributed by atoms with Crippen molar-refractivity contribution in [2.24, 2.45) is 0 Å². The molecule has 0 saturated carbocycles. The van der Waals surface area contributed by atoms with E-state index in [1.54, 1.807) is 30.1 Å². The molecule has 0 amide bonds. The van der Waals surface area contributed by atoms with Crippen LogP contribution in [0.5, 0.6) is 0 Å². The second-order valence-electron chi connectivity index (χ2n) is 6.39. The zero-order valence-electron chi connectivity index (χ0n) is 14.7. The van der Waals surface area contributed by atoms with Crippen molar-refractivity contribution < 1.29 is 13.2 Å². The van der Waals surface area contributed by atoms with Gasteiger partial charge in [0.2, 0.25) is 5.95 Å². The van der Waals surface area contributed by atoms with E-state index in [2.05, 4.69) is 19.9 Å². The molecule has 1 aliphatic heterocycles. The topological polar surface area (TPSA) is 48.4 Å². The molecule has 0 aliphatic carbocycles. The van der Waals surface area contributed by atoms with Crippen molar-refractivity contribution in [2.75, 3.05) is 50.1 Å². The molecule has 2 aromatic rings. The van der Waals surface area contributed by atoms with Crippen LogP contribution < -0.4 is 9.80 Å². The number of hydrogen-bond donors (Lipinski definition) is 0. The molecule has 140 valence electrons. The summed E-state index contributed by atoms with van der Waals surface area (Å²) >= 11 is 0. The monoisotopic (exact) mass is 366 g/mol. The number of aromatic nitrogens is 3. The summed E-state index contributed by atoms with van der Waals surface area (Å²) in [5, 5.41) is 0. The maximum absolute atomic E-state index is 13.1. The fourth-order valence-electron chi connectivity index (χ4n) is 2.76. The van der Waals surface area contributed by atoms with Gasteiger partial charge < -0.3 is 9.80 Å². The average molecular weight is 366 g/mol. The summed E-state index contributed by atoms with van der Waals surface area (Å²) in [4.78, 5) is 17.9. The zero-order valence-corrected chi connectivity index (χ0v) is 14.7. The molecule has 2 aromatic heterocycles. The molecule has 1 fully saturated rings. The molecule has 1 aliphatic rings. The van der Waals surface area contributed by atoms with Crippen molar-refractivity contribution in [2.45, 2.75) is 12.7 Å². The van der Waals surface area contributed by atoms with Gasteiger partial charge in [-0.1, -0.05) is 6.07 Å². The molecule has 26 heavy (non-hydrogen) atoms. The predicted octanol–water partition coefficient (Wildman–Crippen LogP) is 2.28. The first-order chi connectivity index (χ1) is 12.3. The highest BCUT2D eigenvalue weighted by atomic mass is 19.4. The summed E-state index contributed by atoms with van der Waals surface area (Å²) in [5.74, 6) is 0.374. The SMILES string of the molecule is CN(C)c1cc(C(F)(F)F)nc(N2CCN(Cc3ccccn3)CC2)n1. The zero-order chi connectivity index (χ0) is 18.7. The molecule has 1 saturated heterocycles. The van der Waals surface area contributed by atoms with Crippen LogP contribution >= 0.6 is 0 Å². The highest BCUT2D eigenvalue weighted by Crippen LogP contribution is 2.31. The van der Waals surface area contributed by atoms with E-state index in [9.17, 15) is 13.2 Å². The summed E-state index contributed by atoms with van der Waals surface area (Å²) in [6, 6.07) is 6.75. The largest absolute Gasteiger partial charge is 0.433 e. The lowest BCUT2D eigenvalue weighted by molar-refractivity contribution is -0.141. The van der Waals surface area contributed by atoms with Crippen LogP contribution in [0.2, 0.25) is 0 Å². The van der Waals surface area contributed by atoms with Crippen molar-refractivity contribution in [1.29, 1.82) is 0 Å². The Morgan fingerprint density at radius 1 is 1.08 bits per heavy atom.